The van der Waals surface area contributed by atoms with E-state index in [1.165, 1.54) is 0 Å². The molecular weight excluding hydrogens is 289 g/mol. The minimum absolute atomic E-state index is 0.286. The van der Waals surface area contributed by atoms with Crippen LogP contribution in [-0.4, -0.2) is 38.2 Å². The predicted octanol–water partition coefficient (Wildman–Crippen LogP) is 0.980. The SMILES string of the molecule is CC1OCCC1NS(=O)(=O)c1ccc(C(=O)O)cc1F. The van der Waals surface area contributed by atoms with Crippen LogP contribution < -0.4 is 4.72 Å². The van der Waals surface area contributed by atoms with Crippen molar-refractivity contribution in [3.8, 4) is 0 Å². The van der Waals surface area contributed by atoms with Crippen LogP contribution >= 0.6 is 0 Å². The maximum Gasteiger partial charge on any atom is 0.335 e. The molecule has 0 radical (unpaired) electrons. The molecule has 0 amide bonds. The normalized spacial score (nSPS) is 22.9. The van der Waals surface area contributed by atoms with Gasteiger partial charge >= 0.3 is 5.97 Å². The second kappa shape index (κ2) is 5.47. The topological polar surface area (TPSA) is 92.7 Å². The molecule has 2 N–H and O–H groups in total. The van der Waals surface area contributed by atoms with E-state index in [1.54, 1.807) is 6.92 Å². The Morgan fingerprint density at radius 1 is 1.50 bits per heavy atom. The van der Waals surface area contributed by atoms with Crippen molar-refractivity contribution in [3.05, 3.63) is 29.6 Å². The fourth-order valence-corrected chi connectivity index (χ4v) is 3.40. The third-order valence-electron chi connectivity index (χ3n) is 3.15. The molecule has 0 saturated carbocycles. The van der Waals surface area contributed by atoms with Crippen molar-refractivity contribution in [1.29, 1.82) is 0 Å². The van der Waals surface area contributed by atoms with E-state index in [-0.39, 0.29) is 11.7 Å². The van der Waals surface area contributed by atoms with Gasteiger partial charge in [-0.3, -0.25) is 0 Å². The lowest BCUT2D eigenvalue weighted by Gasteiger charge is -2.16. The first kappa shape index (κ1) is 14.9. The van der Waals surface area contributed by atoms with Gasteiger partial charge in [0.15, 0.2) is 0 Å². The molecule has 1 aliphatic heterocycles. The molecule has 6 nitrogen and oxygen atoms in total. The molecule has 2 rings (SSSR count). The Hall–Kier alpha value is -1.51. The number of ether oxygens (including phenoxy) is 1. The zero-order chi connectivity index (χ0) is 14.9. The average Bonchev–Trinajstić information content (AvgIpc) is 2.73. The van der Waals surface area contributed by atoms with E-state index in [0.717, 1.165) is 12.1 Å². The van der Waals surface area contributed by atoms with Gasteiger partial charge in [0.05, 0.1) is 17.7 Å². The largest absolute Gasteiger partial charge is 0.478 e. The van der Waals surface area contributed by atoms with Crippen LogP contribution in [0.3, 0.4) is 0 Å². The summed E-state index contributed by atoms with van der Waals surface area (Å²) in [5.74, 6) is -2.41. The van der Waals surface area contributed by atoms with Crippen molar-refractivity contribution in [1.82, 2.24) is 4.72 Å². The van der Waals surface area contributed by atoms with Gasteiger partial charge in [0.2, 0.25) is 10.0 Å². The van der Waals surface area contributed by atoms with E-state index in [1.807, 2.05) is 0 Å². The molecule has 0 aliphatic carbocycles. The van der Waals surface area contributed by atoms with Crippen molar-refractivity contribution in [2.24, 2.45) is 0 Å². The van der Waals surface area contributed by atoms with Crippen LogP contribution in [0, 0.1) is 5.82 Å². The lowest BCUT2D eigenvalue weighted by atomic mass is 10.2. The van der Waals surface area contributed by atoms with E-state index in [4.69, 9.17) is 9.84 Å². The minimum Gasteiger partial charge on any atom is -0.478 e. The first-order chi connectivity index (χ1) is 9.31. The summed E-state index contributed by atoms with van der Waals surface area (Å²) < 4.78 is 45.5. The van der Waals surface area contributed by atoms with Gasteiger partial charge in [0.25, 0.3) is 0 Å². The summed E-state index contributed by atoms with van der Waals surface area (Å²) in [7, 11) is -4.05. The molecule has 1 fully saturated rings. The molecule has 0 spiro atoms. The second-order valence-electron chi connectivity index (χ2n) is 4.54. The molecule has 0 aromatic heterocycles. The predicted molar refractivity (Wildman–Crippen MR) is 67.5 cm³/mol. The molecule has 1 aromatic rings. The average molecular weight is 303 g/mol. The van der Waals surface area contributed by atoms with Crippen LogP contribution in [0.25, 0.3) is 0 Å². The first-order valence-electron chi connectivity index (χ1n) is 5.98. The lowest BCUT2D eigenvalue weighted by molar-refractivity contribution is 0.0696. The fourth-order valence-electron chi connectivity index (χ4n) is 2.00. The van der Waals surface area contributed by atoms with Gasteiger partial charge in [-0.25, -0.2) is 22.3 Å². The highest BCUT2D eigenvalue weighted by atomic mass is 32.2. The van der Waals surface area contributed by atoms with E-state index in [2.05, 4.69) is 4.72 Å². The highest BCUT2D eigenvalue weighted by molar-refractivity contribution is 7.89. The number of carboxylic acid groups (broad SMARTS) is 1. The van der Waals surface area contributed by atoms with Crippen LogP contribution in [0.2, 0.25) is 0 Å². The van der Waals surface area contributed by atoms with Gasteiger partial charge in [-0.2, -0.15) is 0 Å². The molecule has 8 heteroatoms. The Bertz CT molecular complexity index is 631. The Morgan fingerprint density at radius 2 is 2.20 bits per heavy atom. The molecular formula is C12H14FNO5S. The highest BCUT2D eigenvalue weighted by Gasteiger charge is 2.30. The second-order valence-corrected chi connectivity index (χ2v) is 6.23. The van der Waals surface area contributed by atoms with Gasteiger partial charge in [0, 0.05) is 6.61 Å². The maximum absolute atomic E-state index is 13.8. The summed E-state index contributed by atoms with van der Waals surface area (Å²) in [6, 6.07) is 2.26. The van der Waals surface area contributed by atoms with Crippen molar-refractivity contribution < 1.29 is 27.4 Å². The summed E-state index contributed by atoms with van der Waals surface area (Å²) in [5, 5.41) is 8.72. The van der Waals surface area contributed by atoms with E-state index < -0.39 is 32.7 Å². The Morgan fingerprint density at radius 3 is 2.70 bits per heavy atom. The van der Waals surface area contributed by atoms with Crippen LogP contribution in [0.15, 0.2) is 23.1 Å². The number of sulfonamides is 1. The molecule has 0 bridgehead atoms. The molecule has 110 valence electrons. The summed E-state index contributed by atoms with van der Waals surface area (Å²) in [5.41, 5.74) is -0.306. The van der Waals surface area contributed by atoms with Gasteiger partial charge in [-0.15, -0.1) is 0 Å². The molecule has 1 aliphatic rings. The van der Waals surface area contributed by atoms with Crippen LogP contribution in [0.4, 0.5) is 4.39 Å². The zero-order valence-electron chi connectivity index (χ0n) is 10.7. The monoisotopic (exact) mass is 303 g/mol. The number of aromatic carboxylic acids is 1. The zero-order valence-corrected chi connectivity index (χ0v) is 11.5. The van der Waals surface area contributed by atoms with E-state index in [9.17, 15) is 17.6 Å². The number of halogens is 1. The van der Waals surface area contributed by atoms with Crippen LogP contribution in [0.5, 0.6) is 0 Å². The summed E-state index contributed by atoms with van der Waals surface area (Å²) >= 11 is 0. The quantitative estimate of drug-likeness (QED) is 0.865. The Balaban J connectivity index is 2.27. The highest BCUT2D eigenvalue weighted by Crippen LogP contribution is 2.20. The van der Waals surface area contributed by atoms with E-state index >= 15 is 0 Å². The van der Waals surface area contributed by atoms with Crippen molar-refractivity contribution in [2.45, 2.75) is 30.4 Å². The van der Waals surface area contributed by atoms with Crippen LogP contribution in [-0.2, 0) is 14.8 Å². The van der Waals surface area contributed by atoms with Crippen molar-refractivity contribution >= 4 is 16.0 Å². The minimum atomic E-state index is -4.05. The number of hydrogen-bond donors (Lipinski definition) is 2. The first-order valence-corrected chi connectivity index (χ1v) is 7.46. The summed E-state index contributed by atoms with van der Waals surface area (Å²) in [6.07, 6.45) is 0.223. The lowest BCUT2D eigenvalue weighted by Crippen LogP contribution is -2.39. The van der Waals surface area contributed by atoms with Crippen molar-refractivity contribution in [3.63, 3.8) is 0 Å². The summed E-state index contributed by atoms with van der Waals surface area (Å²) in [4.78, 5) is 10.1. The molecule has 1 saturated heterocycles. The number of carbonyl (C=O) groups is 1. The molecule has 2 atom stereocenters. The number of benzene rings is 1. The standard InChI is InChI=1S/C12H14FNO5S/c1-7-10(4-5-19-7)14-20(17,18)11-3-2-8(12(15)16)6-9(11)13/h2-3,6-7,10,14H,4-5H2,1H3,(H,15,16). The smallest absolute Gasteiger partial charge is 0.335 e. The van der Waals surface area contributed by atoms with Gasteiger partial charge in [-0.05, 0) is 31.5 Å². The number of carboxylic acids is 1. The van der Waals surface area contributed by atoms with Gasteiger partial charge in [0.1, 0.15) is 10.7 Å². The van der Waals surface area contributed by atoms with Crippen LogP contribution in [0.1, 0.15) is 23.7 Å². The van der Waals surface area contributed by atoms with Gasteiger partial charge in [-0.1, -0.05) is 0 Å². The Kier molecular flexibility index (Phi) is 4.07. The fraction of sp³-hybridized carbons (Fsp3) is 0.417. The molecule has 1 heterocycles. The number of hydrogen-bond acceptors (Lipinski definition) is 4. The molecule has 1 aromatic carbocycles. The number of rotatable bonds is 4. The van der Waals surface area contributed by atoms with E-state index in [0.29, 0.717) is 19.1 Å². The third-order valence-corrected chi connectivity index (χ3v) is 4.67. The van der Waals surface area contributed by atoms with Gasteiger partial charge < -0.3 is 9.84 Å². The number of nitrogens with one attached hydrogen (secondary N) is 1. The molecule has 2 unspecified atom stereocenters. The summed E-state index contributed by atoms with van der Waals surface area (Å²) in [6.45, 7) is 2.17. The molecule has 20 heavy (non-hydrogen) atoms. The maximum atomic E-state index is 13.8. The Labute approximate surface area is 115 Å². The third kappa shape index (κ3) is 2.97. The van der Waals surface area contributed by atoms with Crippen molar-refractivity contribution in [2.75, 3.05) is 6.61 Å².